The van der Waals surface area contributed by atoms with Crippen molar-refractivity contribution in [3.05, 3.63) is 59.7 Å². The van der Waals surface area contributed by atoms with Crippen molar-refractivity contribution in [3.63, 3.8) is 0 Å². The Morgan fingerprint density at radius 1 is 1.13 bits per heavy atom. The Hall–Kier alpha value is -2.66. The van der Waals surface area contributed by atoms with E-state index >= 15 is 0 Å². The van der Waals surface area contributed by atoms with Gasteiger partial charge in [-0.15, -0.1) is 11.3 Å². The van der Waals surface area contributed by atoms with Gasteiger partial charge in [-0.1, -0.05) is 34.8 Å². The number of fused-ring (bicyclic) bond motifs is 1. The van der Waals surface area contributed by atoms with Crippen LogP contribution >= 0.6 is 46.1 Å². The molecule has 1 amide bonds. The average Bonchev–Trinajstić information content (AvgIpc) is 3.36. The molecule has 0 saturated heterocycles. The molecule has 4 rings (SSSR count). The van der Waals surface area contributed by atoms with Crippen LogP contribution in [0.25, 0.3) is 22.4 Å². The van der Waals surface area contributed by atoms with Crippen LogP contribution in [0.5, 0.6) is 0 Å². The van der Waals surface area contributed by atoms with Crippen molar-refractivity contribution in [2.45, 2.75) is 6.54 Å². The Balaban J connectivity index is 1.58. The highest BCUT2D eigenvalue weighted by molar-refractivity contribution is 7.14. The molecule has 0 saturated carbocycles. The smallest absolute Gasteiger partial charge is 0.315 e. The maximum Gasteiger partial charge on any atom is 0.332 e. The molecule has 4 aromatic rings. The monoisotopic (exact) mass is 498 g/mol. The second kappa shape index (κ2) is 8.12. The van der Waals surface area contributed by atoms with Gasteiger partial charge in [0.15, 0.2) is 16.3 Å². The van der Waals surface area contributed by atoms with E-state index in [1.807, 2.05) is 0 Å². The van der Waals surface area contributed by atoms with Gasteiger partial charge in [0.05, 0.1) is 27.1 Å². The zero-order chi connectivity index (χ0) is 22.4. The van der Waals surface area contributed by atoms with Crippen molar-refractivity contribution >= 4 is 68.3 Å². The largest absolute Gasteiger partial charge is 0.332 e. The Morgan fingerprint density at radius 2 is 1.87 bits per heavy atom. The summed E-state index contributed by atoms with van der Waals surface area (Å²) in [5, 5.41) is 5.56. The molecule has 0 atom stereocenters. The summed E-state index contributed by atoms with van der Waals surface area (Å²) in [6.07, 6.45) is 1.34. The third-order valence-corrected chi connectivity index (χ3v) is 6.64. The highest BCUT2D eigenvalue weighted by atomic mass is 35.5. The Kier molecular flexibility index (Phi) is 5.65. The van der Waals surface area contributed by atoms with E-state index in [2.05, 4.69) is 15.3 Å². The van der Waals surface area contributed by atoms with Gasteiger partial charge < -0.3 is 9.88 Å². The summed E-state index contributed by atoms with van der Waals surface area (Å²) in [6.45, 7) is -0.188. The first kappa shape index (κ1) is 21.6. The number of anilines is 1. The van der Waals surface area contributed by atoms with Gasteiger partial charge in [0.1, 0.15) is 6.54 Å². The fraction of sp³-hybridized carbons (Fsp3) is 0.167. The Labute approximate surface area is 193 Å². The van der Waals surface area contributed by atoms with E-state index in [1.54, 1.807) is 17.5 Å². The number of nitrogens with one attached hydrogen (secondary N) is 1. The molecule has 0 aliphatic heterocycles. The molecule has 1 aromatic carbocycles. The lowest BCUT2D eigenvalue weighted by atomic mass is 10.2. The van der Waals surface area contributed by atoms with Gasteiger partial charge in [0.25, 0.3) is 5.56 Å². The van der Waals surface area contributed by atoms with Crippen molar-refractivity contribution in [2.24, 2.45) is 14.1 Å². The fourth-order valence-corrected chi connectivity index (χ4v) is 4.37. The summed E-state index contributed by atoms with van der Waals surface area (Å²) in [6, 6.07) is 3.30. The number of hydrogen-bond donors (Lipinski definition) is 1. The number of hydrogen-bond acceptors (Lipinski definition) is 6. The second-order valence-corrected chi connectivity index (χ2v) is 8.58. The average molecular weight is 500 g/mol. The van der Waals surface area contributed by atoms with Gasteiger partial charge in [-0.05, 0) is 12.1 Å². The van der Waals surface area contributed by atoms with Crippen molar-refractivity contribution in [3.8, 4) is 11.3 Å². The van der Waals surface area contributed by atoms with Crippen molar-refractivity contribution < 1.29 is 4.79 Å². The van der Waals surface area contributed by atoms with Crippen LogP contribution in [0.2, 0.25) is 15.1 Å². The molecule has 160 valence electrons. The molecule has 1 N–H and O–H groups in total. The fourth-order valence-electron chi connectivity index (χ4n) is 3.01. The number of nitrogens with zero attached hydrogens (tertiary/aromatic N) is 5. The van der Waals surface area contributed by atoms with Gasteiger partial charge in [-0.2, -0.15) is 0 Å². The molecule has 0 bridgehead atoms. The molecular formula is C18H13Cl3N6O3S. The number of carbonyl (C=O) groups excluding carboxylic acids is 1. The molecule has 3 aromatic heterocycles. The maximum absolute atomic E-state index is 12.5. The van der Waals surface area contributed by atoms with E-state index in [4.69, 9.17) is 34.8 Å². The summed E-state index contributed by atoms with van der Waals surface area (Å²) in [7, 11) is 2.87. The lowest BCUT2D eigenvalue weighted by Gasteiger charge is -2.06. The van der Waals surface area contributed by atoms with E-state index in [9.17, 15) is 14.4 Å². The molecule has 0 aliphatic carbocycles. The van der Waals surface area contributed by atoms with Gasteiger partial charge in [-0.25, -0.2) is 14.8 Å². The highest BCUT2D eigenvalue weighted by Gasteiger charge is 2.17. The van der Waals surface area contributed by atoms with Crippen LogP contribution in [-0.4, -0.2) is 29.6 Å². The van der Waals surface area contributed by atoms with Crippen LogP contribution in [0.1, 0.15) is 0 Å². The van der Waals surface area contributed by atoms with Gasteiger partial charge in [-0.3, -0.25) is 18.7 Å². The number of imidazole rings is 1. The van der Waals surface area contributed by atoms with Gasteiger partial charge in [0.2, 0.25) is 5.91 Å². The van der Waals surface area contributed by atoms with Crippen LogP contribution in [0.15, 0.2) is 33.4 Å². The van der Waals surface area contributed by atoms with Crippen LogP contribution < -0.4 is 16.6 Å². The number of benzene rings is 1. The SMILES string of the molecule is Cn1c(=O)c2c(ncn2CC(=O)Nc2nc(-c3ccc(Cl)c(Cl)c3Cl)cs2)n(C)c1=O. The van der Waals surface area contributed by atoms with Crippen LogP contribution in [0, 0.1) is 0 Å². The molecule has 0 fully saturated rings. The van der Waals surface area contributed by atoms with Crippen molar-refractivity contribution in [1.29, 1.82) is 0 Å². The number of rotatable bonds is 4. The first-order valence-electron chi connectivity index (χ1n) is 8.69. The van der Waals surface area contributed by atoms with Crippen LogP contribution in [0.3, 0.4) is 0 Å². The first-order chi connectivity index (χ1) is 14.7. The van der Waals surface area contributed by atoms with E-state index in [1.165, 1.54) is 40.9 Å². The van der Waals surface area contributed by atoms with E-state index in [-0.39, 0.29) is 27.8 Å². The number of amides is 1. The summed E-state index contributed by atoms with van der Waals surface area (Å²) in [4.78, 5) is 45.5. The molecule has 0 radical (unpaired) electrons. The second-order valence-electron chi connectivity index (χ2n) is 6.56. The van der Waals surface area contributed by atoms with E-state index < -0.39 is 17.2 Å². The third-order valence-electron chi connectivity index (χ3n) is 4.59. The van der Waals surface area contributed by atoms with Crippen molar-refractivity contribution in [1.82, 2.24) is 23.7 Å². The predicted molar refractivity (Wildman–Crippen MR) is 121 cm³/mol. The first-order valence-corrected chi connectivity index (χ1v) is 10.7. The zero-order valence-corrected chi connectivity index (χ0v) is 19.1. The van der Waals surface area contributed by atoms with Gasteiger partial charge >= 0.3 is 5.69 Å². The summed E-state index contributed by atoms with van der Waals surface area (Å²) in [5.74, 6) is -0.420. The minimum absolute atomic E-state index is 0.155. The quantitative estimate of drug-likeness (QED) is 0.434. The predicted octanol–water partition coefficient (Wildman–Crippen LogP) is 3.16. The molecule has 31 heavy (non-hydrogen) atoms. The number of thiazole rings is 1. The molecule has 9 nitrogen and oxygen atoms in total. The Bertz CT molecular complexity index is 1470. The third kappa shape index (κ3) is 3.76. The lowest BCUT2D eigenvalue weighted by molar-refractivity contribution is -0.116. The zero-order valence-electron chi connectivity index (χ0n) is 16.0. The molecule has 13 heteroatoms. The van der Waals surface area contributed by atoms with Crippen molar-refractivity contribution in [2.75, 3.05) is 5.32 Å². The van der Waals surface area contributed by atoms with Gasteiger partial charge in [0, 0.05) is 25.0 Å². The highest BCUT2D eigenvalue weighted by Crippen LogP contribution is 2.38. The number of halogens is 3. The molecule has 0 spiro atoms. The van der Waals surface area contributed by atoms with Crippen LogP contribution in [-0.2, 0) is 25.4 Å². The van der Waals surface area contributed by atoms with E-state index in [0.29, 0.717) is 21.4 Å². The molecule has 0 aliphatic rings. The summed E-state index contributed by atoms with van der Waals surface area (Å²) >= 11 is 19.5. The minimum atomic E-state index is -0.533. The maximum atomic E-state index is 12.5. The molecule has 0 unspecified atom stereocenters. The number of aromatic nitrogens is 5. The lowest BCUT2D eigenvalue weighted by Crippen LogP contribution is -2.37. The number of carbonyl (C=O) groups is 1. The Morgan fingerprint density at radius 3 is 2.61 bits per heavy atom. The number of aryl methyl sites for hydroxylation is 1. The van der Waals surface area contributed by atoms with E-state index in [0.717, 1.165) is 4.57 Å². The van der Waals surface area contributed by atoms with Crippen LogP contribution in [0.4, 0.5) is 5.13 Å². The standard InChI is InChI=1S/C18H13Cl3N6O3S/c1-25-15-14(16(29)26(2)18(25)30)27(7-22-15)5-11(28)24-17-23-10(6-31-17)8-3-4-9(19)13(21)12(8)20/h3-4,6-7H,5H2,1-2H3,(H,23,24,28). The molecular weight excluding hydrogens is 487 g/mol. The summed E-state index contributed by atoms with van der Waals surface area (Å²) < 4.78 is 3.60. The normalized spacial score (nSPS) is 11.3. The summed E-state index contributed by atoms with van der Waals surface area (Å²) in [5.41, 5.74) is 0.435. The molecule has 3 heterocycles. The topological polar surface area (TPSA) is 104 Å². The minimum Gasteiger partial charge on any atom is -0.315 e.